The predicted molar refractivity (Wildman–Crippen MR) is 76.7 cm³/mol. The number of carbonyl (C=O) groups excluding carboxylic acids is 2. The average molecular weight is 308 g/mol. The van der Waals surface area contributed by atoms with Crippen LogP contribution in [0.15, 0.2) is 30.4 Å². The van der Waals surface area contributed by atoms with Crippen LogP contribution in [0, 0.1) is 23.7 Å². The molecule has 0 unspecified atom stereocenters. The van der Waals surface area contributed by atoms with Crippen LogP contribution in [0.3, 0.4) is 0 Å². The number of halogens is 2. The molecule has 1 saturated carbocycles. The van der Waals surface area contributed by atoms with Gasteiger partial charge in [0.15, 0.2) is 0 Å². The highest BCUT2D eigenvalue weighted by molar-refractivity contribution is 6.44. The zero-order valence-corrected chi connectivity index (χ0v) is 11.9. The summed E-state index contributed by atoms with van der Waals surface area (Å²) < 4.78 is 0. The molecule has 1 aromatic rings. The molecule has 0 N–H and O–H groups in total. The Morgan fingerprint density at radius 3 is 2.20 bits per heavy atom. The molecule has 2 fully saturated rings. The quantitative estimate of drug-likeness (QED) is 0.589. The summed E-state index contributed by atoms with van der Waals surface area (Å²) in [6.45, 7) is 0. The molecular weight excluding hydrogens is 297 g/mol. The van der Waals surface area contributed by atoms with Crippen LogP contribution in [-0.2, 0) is 9.59 Å². The molecule has 1 saturated heterocycles. The Kier molecular flexibility index (Phi) is 2.54. The highest BCUT2D eigenvalue weighted by atomic mass is 35.5. The van der Waals surface area contributed by atoms with Crippen molar-refractivity contribution in [3.05, 3.63) is 40.4 Å². The van der Waals surface area contributed by atoms with Gasteiger partial charge in [-0.15, -0.1) is 0 Å². The van der Waals surface area contributed by atoms with E-state index in [2.05, 4.69) is 12.2 Å². The maximum Gasteiger partial charge on any atom is 0.238 e. The first-order chi connectivity index (χ1) is 9.59. The highest BCUT2D eigenvalue weighted by Gasteiger charge is 2.59. The molecule has 1 aliphatic heterocycles. The Morgan fingerprint density at radius 2 is 1.60 bits per heavy atom. The van der Waals surface area contributed by atoms with Crippen molar-refractivity contribution in [2.24, 2.45) is 23.7 Å². The maximum absolute atomic E-state index is 12.6. The van der Waals surface area contributed by atoms with E-state index in [4.69, 9.17) is 23.2 Å². The van der Waals surface area contributed by atoms with Crippen LogP contribution in [0.2, 0.25) is 10.0 Å². The van der Waals surface area contributed by atoms with Crippen LogP contribution in [0.1, 0.15) is 6.42 Å². The van der Waals surface area contributed by atoms with Gasteiger partial charge in [0.05, 0.1) is 27.6 Å². The van der Waals surface area contributed by atoms with E-state index in [0.29, 0.717) is 10.7 Å². The van der Waals surface area contributed by atoms with Gasteiger partial charge in [-0.3, -0.25) is 9.59 Å². The lowest BCUT2D eigenvalue weighted by Crippen LogP contribution is -2.33. The average Bonchev–Trinajstić information content (AvgIpc) is 3.09. The number of allylic oxidation sites excluding steroid dienone is 2. The largest absolute Gasteiger partial charge is 0.274 e. The first-order valence-corrected chi connectivity index (χ1v) is 7.35. The lowest BCUT2D eigenvalue weighted by Gasteiger charge is -2.18. The van der Waals surface area contributed by atoms with E-state index in [1.165, 1.54) is 4.90 Å². The lowest BCUT2D eigenvalue weighted by molar-refractivity contribution is -0.123. The standard InChI is InChI=1S/C15H11Cl2NO2/c16-9-2-1-3-10(13(9)17)18-14(19)11-7-4-5-8(6-7)12(11)15(18)20/h1-5,7-8,11-12H,6H2/t7-,8-,11-,12+/m0/s1. The van der Waals surface area contributed by atoms with E-state index >= 15 is 0 Å². The summed E-state index contributed by atoms with van der Waals surface area (Å²) in [6, 6.07) is 5.01. The second-order valence-corrected chi connectivity index (χ2v) is 6.37. The molecular formula is C15H11Cl2NO2. The van der Waals surface area contributed by atoms with Crippen LogP contribution in [0.5, 0.6) is 0 Å². The summed E-state index contributed by atoms with van der Waals surface area (Å²) in [5.74, 6) is -0.309. The molecule has 0 spiro atoms. The van der Waals surface area contributed by atoms with Crippen molar-refractivity contribution < 1.29 is 9.59 Å². The third kappa shape index (κ3) is 1.42. The Morgan fingerprint density at radius 1 is 1.00 bits per heavy atom. The van der Waals surface area contributed by atoms with Gasteiger partial charge < -0.3 is 0 Å². The third-order valence-corrected chi connectivity index (χ3v) is 5.45. The summed E-state index contributed by atoms with van der Waals surface area (Å²) in [7, 11) is 0. The van der Waals surface area contributed by atoms with Gasteiger partial charge >= 0.3 is 0 Å². The molecule has 5 heteroatoms. The van der Waals surface area contributed by atoms with Gasteiger partial charge in [0.2, 0.25) is 11.8 Å². The second-order valence-electron chi connectivity index (χ2n) is 5.58. The van der Waals surface area contributed by atoms with Crippen LogP contribution >= 0.6 is 23.2 Å². The summed E-state index contributed by atoms with van der Waals surface area (Å²) in [6.07, 6.45) is 5.06. The molecule has 2 aliphatic carbocycles. The highest BCUT2D eigenvalue weighted by Crippen LogP contribution is 2.53. The summed E-state index contributed by atoms with van der Waals surface area (Å²) in [5, 5.41) is 0.610. The number of benzene rings is 1. The minimum absolute atomic E-state index is 0.138. The van der Waals surface area contributed by atoms with Gasteiger partial charge in [-0.1, -0.05) is 41.4 Å². The van der Waals surface area contributed by atoms with E-state index in [-0.39, 0.29) is 40.5 Å². The normalized spacial score (nSPS) is 34.2. The molecule has 0 radical (unpaired) electrons. The zero-order chi connectivity index (χ0) is 14.0. The molecule has 4 rings (SSSR count). The van der Waals surface area contributed by atoms with Crippen molar-refractivity contribution >= 4 is 40.7 Å². The Balaban J connectivity index is 1.80. The van der Waals surface area contributed by atoms with Gasteiger partial charge in [0, 0.05) is 0 Å². The topological polar surface area (TPSA) is 37.4 Å². The Labute approximate surface area is 126 Å². The van der Waals surface area contributed by atoms with E-state index in [9.17, 15) is 9.59 Å². The smallest absolute Gasteiger partial charge is 0.238 e. The molecule has 3 nitrogen and oxygen atoms in total. The predicted octanol–water partition coefficient (Wildman–Crippen LogP) is 3.30. The fourth-order valence-electron chi connectivity index (χ4n) is 3.80. The zero-order valence-electron chi connectivity index (χ0n) is 10.4. The van der Waals surface area contributed by atoms with Crippen molar-refractivity contribution in [3.63, 3.8) is 0 Å². The maximum atomic E-state index is 12.6. The van der Waals surface area contributed by atoms with Gasteiger partial charge in [-0.2, -0.15) is 0 Å². The number of amides is 2. The second kappa shape index (κ2) is 4.09. The van der Waals surface area contributed by atoms with E-state index < -0.39 is 0 Å². The molecule has 1 aromatic carbocycles. The number of anilines is 1. The first kappa shape index (κ1) is 12.4. The SMILES string of the molecule is O=C1[C@@H]2[C@H](C(=O)N1c1cccc(Cl)c1Cl)[C@H]1C=C[C@H]2C1. The van der Waals surface area contributed by atoms with E-state index in [0.717, 1.165) is 6.42 Å². The third-order valence-electron chi connectivity index (χ3n) is 4.64. The molecule has 4 atom stereocenters. The Bertz CT molecular complexity index is 640. The summed E-state index contributed by atoms with van der Waals surface area (Å²) >= 11 is 12.1. The number of rotatable bonds is 1. The summed E-state index contributed by atoms with van der Waals surface area (Å²) in [4.78, 5) is 26.5. The number of hydrogen-bond donors (Lipinski definition) is 0. The molecule has 1 heterocycles. The number of hydrogen-bond acceptors (Lipinski definition) is 2. The minimum Gasteiger partial charge on any atom is -0.274 e. The Hall–Kier alpha value is -1.32. The lowest BCUT2D eigenvalue weighted by atomic mass is 9.85. The molecule has 3 aliphatic rings. The first-order valence-electron chi connectivity index (χ1n) is 6.59. The van der Waals surface area contributed by atoms with Crippen molar-refractivity contribution in [1.82, 2.24) is 0 Å². The molecule has 20 heavy (non-hydrogen) atoms. The minimum atomic E-state index is -0.215. The van der Waals surface area contributed by atoms with E-state index in [1.54, 1.807) is 18.2 Å². The molecule has 2 bridgehead atoms. The van der Waals surface area contributed by atoms with Crippen molar-refractivity contribution in [2.45, 2.75) is 6.42 Å². The van der Waals surface area contributed by atoms with Gasteiger partial charge in [-0.25, -0.2) is 4.90 Å². The van der Waals surface area contributed by atoms with Crippen molar-refractivity contribution in [1.29, 1.82) is 0 Å². The number of fused-ring (bicyclic) bond motifs is 5. The molecule has 0 aromatic heterocycles. The monoisotopic (exact) mass is 307 g/mol. The van der Waals surface area contributed by atoms with Crippen LogP contribution in [0.4, 0.5) is 5.69 Å². The van der Waals surface area contributed by atoms with Crippen molar-refractivity contribution in [3.8, 4) is 0 Å². The van der Waals surface area contributed by atoms with Crippen molar-refractivity contribution in [2.75, 3.05) is 4.90 Å². The number of nitrogens with zero attached hydrogens (tertiary/aromatic N) is 1. The van der Waals surface area contributed by atoms with Crippen LogP contribution in [-0.4, -0.2) is 11.8 Å². The van der Waals surface area contributed by atoms with Crippen LogP contribution < -0.4 is 4.90 Å². The van der Waals surface area contributed by atoms with Gasteiger partial charge in [0.25, 0.3) is 0 Å². The van der Waals surface area contributed by atoms with Gasteiger partial charge in [-0.05, 0) is 30.4 Å². The van der Waals surface area contributed by atoms with E-state index in [1.807, 2.05) is 0 Å². The summed E-state index contributed by atoms with van der Waals surface area (Å²) in [5.41, 5.74) is 0.406. The number of carbonyl (C=O) groups is 2. The molecule has 102 valence electrons. The van der Waals surface area contributed by atoms with Gasteiger partial charge in [0.1, 0.15) is 0 Å². The van der Waals surface area contributed by atoms with Crippen LogP contribution in [0.25, 0.3) is 0 Å². The fourth-order valence-corrected chi connectivity index (χ4v) is 4.18. The number of imide groups is 1. The molecule has 2 amide bonds. The fraction of sp³-hybridized carbons (Fsp3) is 0.333.